The molecule has 0 bridgehead atoms. The van der Waals surface area contributed by atoms with Crippen LogP contribution in [0.5, 0.6) is 0 Å². The van der Waals surface area contributed by atoms with Gasteiger partial charge in [-0.1, -0.05) is 18.2 Å². The molecule has 9 heavy (non-hydrogen) atoms. The Balaban J connectivity index is 2.50. The molecule has 0 saturated carbocycles. The van der Waals surface area contributed by atoms with Gasteiger partial charge in [-0.3, -0.25) is 0 Å². The van der Waals surface area contributed by atoms with Crippen molar-refractivity contribution >= 4 is 0 Å². The van der Waals surface area contributed by atoms with Gasteiger partial charge in [-0.15, -0.1) is 0 Å². The van der Waals surface area contributed by atoms with Gasteiger partial charge in [0.25, 0.3) is 0 Å². The van der Waals surface area contributed by atoms with Crippen LogP contribution in [0.4, 0.5) is 0 Å². The second-order valence-corrected chi connectivity index (χ2v) is 1.96. The highest BCUT2D eigenvalue weighted by Crippen LogP contribution is 2.10. The summed E-state index contributed by atoms with van der Waals surface area (Å²) in [5.74, 6) is 0. The molecule has 0 amide bonds. The summed E-state index contributed by atoms with van der Waals surface area (Å²) in [6.45, 7) is 0. The molecule has 45 valence electrons. The van der Waals surface area contributed by atoms with Gasteiger partial charge in [-0.25, -0.2) is 0 Å². The van der Waals surface area contributed by atoms with Gasteiger partial charge in [0.15, 0.2) is 0 Å². The Kier molecular flexibility index (Phi) is 2.09. The molecule has 0 N–H and O–H groups in total. The van der Waals surface area contributed by atoms with Crippen molar-refractivity contribution in [1.29, 1.82) is 5.26 Å². The maximum Gasteiger partial charge on any atom is 0.0908 e. The molecule has 0 aliphatic heterocycles. The Morgan fingerprint density at radius 1 is 1.56 bits per heavy atom. The number of rotatable bonds is 1. The molecule has 0 heterocycles. The van der Waals surface area contributed by atoms with E-state index in [-0.39, 0.29) is 0 Å². The number of allylic oxidation sites excluding steroid dienone is 4. The number of nitriles is 1. The maximum absolute atomic E-state index is 8.24. The largest absolute Gasteiger partial charge is 0.198 e. The topological polar surface area (TPSA) is 23.8 Å². The van der Waals surface area contributed by atoms with Gasteiger partial charge in [-0.2, -0.15) is 5.26 Å². The van der Waals surface area contributed by atoms with E-state index < -0.39 is 0 Å². The van der Waals surface area contributed by atoms with Crippen LogP contribution < -0.4 is 0 Å². The SMILES string of the molecule is N#C[CH]C1=CCCC=C1. The van der Waals surface area contributed by atoms with Crippen molar-refractivity contribution in [2.75, 3.05) is 0 Å². The first kappa shape index (κ1) is 6.10. The average molecular weight is 118 g/mol. The van der Waals surface area contributed by atoms with Gasteiger partial charge >= 0.3 is 0 Å². The van der Waals surface area contributed by atoms with Crippen molar-refractivity contribution in [1.82, 2.24) is 0 Å². The maximum atomic E-state index is 8.24. The monoisotopic (exact) mass is 118 g/mol. The van der Waals surface area contributed by atoms with Crippen molar-refractivity contribution in [2.24, 2.45) is 0 Å². The van der Waals surface area contributed by atoms with E-state index in [4.69, 9.17) is 5.26 Å². The third-order valence-corrected chi connectivity index (χ3v) is 1.25. The summed E-state index contributed by atoms with van der Waals surface area (Å²) in [5, 5.41) is 8.24. The summed E-state index contributed by atoms with van der Waals surface area (Å²) < 4.78 is 0. The fourth-order valence-electron chi connectivity index (χ4n) is 0.815. The molecule has 0 unspecified atom stereocenters. The van der Waals surface area contributed by atoms with Gasteiger partial charge in [0.2, 0.25) is 0 Å². The van der Waals surface area contributed by atoms with Crippen molar-refractivity contribution in [2.45, 2.75) is 12.8 Å². The molecule has 1 heteroatoms. The molecule has 0 saturated heterocycles. The molecule has 0 aromatic carbocycles. The second-order valence-electron chi connectivity index (χ2n) is 1.96. The number of hydrogen-bond donors (Lipinski definition) is 0. The van der Waals surface area contributed by atoms with Crippen LogP contribution in [0.25, 0.3) is 0 Å². The minimum atomic E-state index is 1.05. The highest BCUT2D eigenvalue weighted by molar-refractivity contribution is 5.34. The van der Waals surface area contributed by atoms with E-state index in [0.717, 1.165) is 18.4 Å². The van der Waals surface area contributed by atoms with Crippen molar-refractivity contribution in [3.8, 4) is 6.07 Å². The molecule has 1 nitrogen and oxygen atoms in total. The molecule has 1 aliphatic carbocycles. The van der Waals surface area contributed by atoms with Crippen LogP contribution in [0.15, 0.2) is 23.8 Å². The summed E-state index contributed by atoms with van der Waals surface area (Å²) in [6.07, 6.45) is 9.89. The van der Waals surface area contributed by atoms with E-state index in [1.165, 1.54) is 0 Å². The summed E-state index contributed by atoms with van der Waals surface area (Å²) in [5.41, 5.74) is 1.05. The number of nitrogens with zero attached hydrogens (tertiary/aromatic N) is 1. The van der Waals surface area contributed by atoms with Crippen LogP contribution in [0, 0.1) is 17.8 Å². The van der Waals surface area contributed by atoms with E-state index in [1.807, 2.05) is 12.1 Å². The average Bonchev–Trinajstić information content (AvgIpc) is 1.91. The van der Waals surface area contributed by atoms with E-state index in [1.54, 1.807) is 6.42 Å². The van der Waals surface area contributed by atoms with Gasteiger partial charge in [0, 0.05) is 0 Å². The molecular formula is C8H8N. The first-order valence-corrected chi connectivity index (χ1v) is 3.03. The highest BCUT2D eigenvalue weighted by Gasteiger charge is 1.94. The Morgan fingerprint density at radius 3 is 3.00 bits per heavy atom. The van der Waals surface area contributed by atoms with Crippen LogP contribution in [-0.2, 0) is 0 Å². The molecule has 1 radical (unpaired) electrons. The zero-order valence-corrected chi connectivity index (χ0v) is 5.17. The highest BCUT2D eigenvalue weighted by atomic mass is 14.2. The minimum Gasteiger partial charge on any atom is -0.198 e. The first-order chi connectivity index (χ1) is 4.43. The predicted molar refractivity (Wildman–Crippen MR) is 36.4 cm³/mol. The fraction of sp³-hybridized carbons (Fsp3) is 0.250. The Labute approximate surface area is 55.3 Å². The third-order valence-electron chi connectivity index (χ3n) is 1.25. The lowest BCUT2D eigenvalue weighted by molar-refractivity contribution is 1.02. The van der Waals surface area contributed by atoms with E-state index in [9.17, 15) is 0 Å². The van der Waals surface area contributed by atoms with Crippen molar-refractivity contribution in [3.05, 3.63) is 30.2 Å². The Bertz CT molecular complexity index is 181. The van der Waals surface area contributed by atoms with E-state index in [0.29, 0.717) is 0 Å². The lowest BCUT2D eigenvalue weighted by atomic mass is 10.1. The molecule has 1 aliphatic rings. The van der Waals surface area contributed by atoms with Crippen LogP contribution in [0.2, 0.25) is 0 Å². The molecule has 1 rings (SSSR count). The van der Waals surface area contributed by atoms with Crippen LogP contribution in [0.1, 0.15) is 12.8 Å². The third kappa shape index (κ3) is 1.73. The Morgan fingerprint density at radius 2 is 2.44 bits per heavy atom. The van der Waals surface area contributed by atoms with Gasteiger partial charge < -0.3 is 0 Å². The van der Waals surface area contributed by atoms with Crippen LogP contribution >= 0.6 is 0 Å². The molecule has 0 atom stereocenters. The molecule has 0 spiro atoms. The zero-order valence-electron chi connectivity index (χ0n) is 5.17. The summed E-state index contributed by atoms with van der Waals surface area (Å²) in [6, 6.07) is 1.99. The first-order valence-electron chi connectivity index (χ1n) is 3.03. The minimum absolute atomic E-state index is 1.05. The van der Waals surface area contributed by atoms with E-state index >= 15 is 0 Å². The Hall–Kier alpha value is -1.03. The zero-order chi connectivity index (χ0) is 6.53. The fourth-order valence-corrected chi connectivity index (χ4v) is 0.815. The molecule has 0 aromatic rings. The molecule has 0 fully saturated rings. The summed E-state index contributed by atoms with van der Waals surface area (Å²) in [7, 11) is 0. The summed E-state index contributed by atoms with van der Waals surface area (Å²) in [4.78, 5) is 0. The number of hydrogen-bond acceptors (Lipinski definition) is 1. The lowest BCUT2D eigenvalue weighted by Gasteiger charge is -1.99. The van der Waals surface area contributed by atoms with Crippen LogP contribution in [-0.4, -0.2) is 0 Å². The van der Waals surface area contributed by atoms with E-state index in [2.05, 4.69) is 12.2 Å². The van der Waals surface area contributed by atoms with Gasteiger partial charge in [0.1, 0.15) is 0 Å². The second kappa shape index (κ2) is 3.09. The van der Waals surface area contributed by atoms with Crippen molar-refractivity contribution < 1.29 is 0 Å². The smallest absolute Gasteiger partial charge is 0.0908 e. The standard InChI is InChI=1S/C8H8N/c9-7-6-8-4-2-1-3-5-8/h2,4-6H,1,3H2. The molecule has 0 aromatic heterocycles. The normalized spacial score (nSPS) is 16.6. The predicted octanol–water partition coefficient (Wildman–Crippen LogP) is 1.99. The van der Waals surface area contributed by atoms with Gasteiger partial charge in [-0.05, 0) is 18.4 Å². The van der Waals surface area contributed by atoms with Crippen molar-refractivity contribution in [3.63, 3.8) is 0 Å². The van der Waals surface area contributed by atoms with Gasteiger partial charge in [0.05, 0.1) is 12.5 Å². The van der Waals surface area contributed by atoms with Crippen LogP contribution in [0.3, 0.4) is 0 Å². The molecular weight excluding hydrogens is 110 g/mol. The quantitative estimate of drug-likeness (QED) is 0.516. The summed E-state index contributed by atoms with van der Waals surface area (Å²) >= 11 is 0. The lowest BCUT2D eigenvalue weighted by Crippen LogP contribution is -1.82.